The Morgan fingerprint density at radius 2 is 1.88 bits per heavy atom. The molecule has 2 fully saturated rings. The van der Waals surface area contributed by atoms with Gasteiger partial charge in [0, 0.05) is 50.0 Å². The van der Waals surface area contributed by atoms with Crippen molar-refractivity contribution in [2.24, 2.45) is 5.41 Å². The number of benzene rings is 1. The lowest BCUT2D eigenvalue weighted by molar-refractivity contribution is -0.000465. The average molecular weight is 328 g/mol. The summed E-state index contributed by atoms with van der Waals surface area (Å²) in [6.07, 6.45) is 3.99. The number of ether oxygens (including phenoxy) is 2. The first kappa shape index (κ1) is 15.4. The largest absolute Gasteiger partial charge is 0.457 e. The molecule has 2 saturated heterocycles. The van der Waals surface area contributed by atoms with E-state index in [2.05, 4.69) is 9.88 Å². The normalized spacial score (nSPS) is 19.2. The van der Waals surface area contributed by atoms with Gasteiger partial charge in [0.05, 0.1) is 0 Å². The van der Waals surface area contributed by atoms with Crippen molar-refractivity contribution in [3.05, 3.63) is 47.9 Å². The molecule has 0 N–H and O–H groups in total. The molecule has 2 aromatic rings. The Morgan fingerprint density at radius 1 is 1.12 bits per heavy atom. The summed E-state index contributed by atoms with van der Waals surface area (Å²) >= 11 is 0. The Bertz CT molecular complexity index is 736. The minimum absolute atomic E-state index is 0.258. The maximum absolute atomic E-state index is 13.6. The summed E-state index contributed by atoms with van der Waals surface area (Å²) in [5.74, 6) is 1.83. The van der Waals surface area contributed by atoms with E-state index in [1.165, 1.54) is 6.07 Å². The molecule has 0 unspecified atom stereocenters. The van der Waals surface area contributed by atoms with Crippen LogP contribution in [0.2, 0.25) is 0 Å². The van der Waals surface area contributed by atoms with Crippen LogP contribution in [-0.4, -0.2) is 31.3 Å². The molecule has 4 rings (SSSR count). The predicted octanol–water partition coefficient (Wildman–Crippen LogP) is 3.94. The molecule has 4 nitrogen and oxygen atoms in total. The highest BCUT2D eigenvalue weighted by atomic mass is 19.1. The van der Waals surface area contributed by atoms with Crippen LogP contribution in [0.1, 0.15) is 18.4 Å². The van der Waals surface area contributed by atoms with Gasteiger partial charge in [0.2, 0.25) is 0 Å². The van der Waals surface area contributed by atoms with E-state index in [1.54, 1.807) is 31.3 Å². The molecule has 5 heteroatoms. The van der Waals surface area contributed by atoms with Gasteiger partial charge in [-0.05, 0) is 37.5 Å². The summed E-state index contributed by atoms with van der Waals surface area (Å²) in [7, 11) is 0. The van der Waals surface area contributed by atoms with Gasteiger partial charge in [0.25, 0.3) is 0 Å². The van der Waals surface area contributed by atoms with Crippen LogP contribution in [0.4, 0.5) is 10.2 Å². The first-order valence-electron chi connectivity index (χ1n) is 8.36. The lowest BCUT2D eigenvalue weighted by Crippen LogP contribution is -2.58. The van der Waals surface area contributed by atoms with Crippen molar-refractivity contribution < 1.29 is 13.9 Å². The SMILES string of the molecule is Cc1ccc(Oc2ccnc(N3CC4(CCOCC4)C3)c2)cc1F. The summed E-state index contributed by atoms with van der Waals surface area (Å²) in [4.78, 5) is 6.73. The van der Waals surface area contributed by atoms with Crippen LogP contribution in [0.15, 0.2) is 36.5 Å². The van der Waals surface area contributed by atoms with Crippen LogP contribution in [0, 0.1) is 18.2 Å². The van der Waals surface area contributed by atoms with Gasteiger partial charge >= 0.3 is 0 Å². The van der Waals surface area contributed by atoms with E-state index in [1.807, 2.05) is 6.07 Å². The van der Waals surface area contributed by atoms with Gasteiger partial charge in [-0.3, -0.25) is 0 Å². The maximum atomic E-state index is 13.6. The van der Waals surface area contributed by atoms with Gasteiger partial charge in [0.15, 0.2) is 0 Å². The van der Waals surface area contributed by atoms with Crippen LogP contribution in [0.3, 0.4) is 0 Å². The number of rotatable bonds is 3. The molecule has 1 spiro atoms. The van der Waals surface area contributed by atoms with E-state index in [4.69, 9.17) is 9.47 Å². The molecule has 3 heterocycles. The summed E-state index contributed by atoms with van der Waals surface area (Å²) < 4.78 is 24.9. The van der Waals surface area contributed by atoms with Crippen molar-refractivity contribution in [2.45, 2.75) is 19.8 Å². The van der Waals surface area contributed by atoms with E-state index in [0.717, 1.165) is 45.0 Å². The zero-order valence-electron chi connectivity index (χ0n) is 13.8. The highest BCUT2D eigenvalue weighted by molar-refractivity contribution is 5.48. The van der Waals surface area contributed by atoms with Crippen molar-refractivity contribution in [1.82, 2.24) is 4.98 Å². The van der Waals surface area contributed by atoms with E-state index in [9.17, 15) is 4.39 Å². The number of aromatic nitrogens is 1. The molecule has 1 aromatic heterocycles. The number of hydrogen-bond donors (Lipinski definition) is 0. The minimum atomic E-state index is -0.258. The van der Waals surface area contributed by atoms with Crippen molar-refractivity contribution in [3.8, 4) is 11.5 Å². The van der Waals surface area contributed by atoms with Crippen molar-refractivity contribution in [2.75, 3.05) is 31.2 Å². The molecule has 0 saturated carbocycles. The second-order valence-corrected chi connectivity index (χ2v) is 6.83. The lowest BCUT2D eigenvalue weighted by Gasteiger charge is -2.52. The van der Waals surface area contributed by atoms with Gasteiger partial charge in [-0.1, -0.05) is 6.07 Å². The third-order valence-electron chi connectivity index (χ3n) is 5.03. The van der Waals surface area contributed by atoms with Crippen molar-refractivity contribution >= 4 is 5.82 Å². The van der Waals surface area contributed by atoms with E-state index in [0.29, 0.717) is 22.5 Å². The topological polar surface area (TPSA) is 34.6 Å². The fraction of sp³-hybridized carbons (Fsp3) is 0.421. The minimum Gasteiger partial charge on any atom is -0.457 e. The number of halogens is 1. The molecule has 1 aromatic carbocycles. The fourth-order valence-electron chi connectivity index (χ4n) is 3.46. The van der Waals surface area contributed by atoms with E-state index >= 15 is 0 Å². The van der Waals surface area contributed by atoms with Crippen molar-refractivity contribution in [1.29, 1.82) is 0 Å². The number of hydrogen-bond acceptors (Lipinski definition) is 4. The lowest BCUT2D eigenvalue weighted by atomic mass is 9.73. The third kappa shape index (κ3) is 2.96. The number of aryl methyl sites for hydroxylation is 1. The highest BCUT2D eigenvalue weighted by Crippen LogP contribution is 2.42. The molecular formula is C19H21FN2O2. The summed E-state index contributed by atoms with van der Waals surface area (Å²) in [5, 5.41) is 0. The van der Waals surface area contributed by atoms with Crippen LogP contribution in [0.25, 0.3) is 0 Å². The standard InChI is InChI=1S/C19H21FN2O2/c1-14-2-3-15(10-17(14)20)24-16-4-7-21-18(11-16)22-12-19(13-22)5-8-23-9-6-19/h2-4,7,10-11H,5-6,8-9,12-13H2,1H3. The average Bonchev–Trinajstić information content (AvgIpc) is 2.57. The van der Waals surface area contributed by atoms with E-state index in [-0.39, 0.29) is 5.82 Å². The zero-order chi connectivity index (χ0) is 16.6. The molecule has 126 valence electrons. The van der Waals surface area contributed by atoms with Gasteiger partial charge in [-0.25, -0.2) is 9.37 Å². The quantitative estimate of drug-likeness (QED) is 0.855. The Morgan fingerprint density at radius 3 is 2.62 bits per heavy atom. The Hall–Kier alpha value is -2.14. The Kier molecular flexibility index (Phi) is 3.88. The van der Waals surface area contributed by atoms with Gasteiger partial charge in [0.1, 0.15) is 23.1 Å². The monoisotopic (exact) mass is 328 g/mol. The molecule has 0 atom stereocenters. The molecule has 2 aliphatic rings. The summed E-state index contributed by atoms with van der Waals surface area (Å²) in [6.45, 7) is 5.50. The number of pyridine rings is 1. The molecule has 2 aliphatic heterocycles. The van der Waals surface area contributed by atoms with Crippen molar-refractivity contribution in [3.63, 3.8) is 0 Å². The molecule has 24 heavy (non-hydrogen) atoms. The highest BCUT2D eigenvalue weighted by Gasteiger charge is 2.44. The van der Waals surface area contributed by atoms with Gasteiger partial charge in [-0.2, -0.15) is 0 Å². The third-order valence-corrected chi connectivity index (χ3v) is 5.03. The Balaban J connectivity index is 1.45. The molecular weight excluding hydrogens is 307 g/mol. The number of anilines is 1. The zero-order valence-corrected chi connectivity index (χ0v) is 13.8. The van der Waals surface area contributed by atoms with Crippen LogP contribution >= 0.6 is 0 Å². The van der Waals surface area contributed by atoms with Gasteiger partial charge < -0.3 is 14.4 Å². The van der Waals surface area contributed by atoms with Crippen LogP contribution < -0.4 is 9.64 Å². The fourth-order valence-corrected chi connectivity index (χ4v) is 3.46. The molecule has 0 amide bonds. The smallest absolute Gasteiger partial charge is 0.132 e. The molecule has 0 aliphatic carbocycles. The molecule has 0 bridgehead atoms. The summed E-state index contributed by atoms with van der Waals surface area (Å²) in [5.41, 5.74) is 1.01. The predicted molar refractivity (Wildman–Crippen MR) is 90.1 cm³/mol. The first-order valence-corrected chi connectivity index (χ1v) is 8.36. The molecule has 0 radical (unpaired) electrons. The number of nitrogens with zero attached hydrogens (tertiary/aromatic N) is 2. The maximum Gasteiger partial charge on any atom is 0.132 e. The van der Waals surface area contributed by atoms with Crippen LogP contribution in [0.5, 0.6) is 11.5 Å². The van der Waals surface area contributed by atoms with Crippen LogP contribution in [-0.2, 0) is 4.74 Å². The second kappa shape index (κ2) is 6.06. The Labute approximate surface area is 141 Å². The van der Waals surface area contributed by atoms with E-state index < -0.39 is 0 Å². The second-order valence-electron chi connectivity index (χ2n) is 6.83. The van der Waals surface area contributed by atoms with Gasteiger partial charge in [-0.15, -0.1) is 0 Å². The summed E-state index contributed by atoms with van der Waals surface area (Å²) in [6, 6.07) is 8.63. The first-order chi connectivity index (χ1) is 11.6.